The normalized spacial score (nSPS) is 10.2. The van der Waals surface area contributed by atoms with Crippen LogP contribution in [0.15, 0.2) is 22.9 Å². The van der Waals surface area contributed by atoms with Crippen LogP contribution < -0.4 is 5.32 Å². The standard InChI is InChI=1S/C10H10N4O3/c1-6-13-9(17-14-6)5-12-7-2-3-11-8(4-7)10(15)16/h2-4H,5H2,1H3,(H,11,12)(H,15,16). The van der Waals surface area contributed by atoms with E-state index < -0.39 is 5.97 Å². The molecule has 0 fully saturated rings. The van der Waals surface area contributed by atoms with Crippen LogP contribution in [0, 0.1) is 6.92 Å². The first-order valence-electron chi connectivity index (χ1n) is 4.87. The number of carboxylic acid groups (broad SMARTS) is 1. The number of pyridine rings is 1. The van der Waals surface area contributed by atoms with Gasteiger partial charge in [0.05, 0.1) is 6.54 Å². The summed E-state index contributed by atoms with van der Waals surface area (Å²) in [4.78, 5) is 18.4. The molecule has 7 heteroatoms. The van der Waals surface area contributed by atoms with E-state index in [4.69, 9.17) is 9.63 Å². The van der Waals surface area contributed by atoms with Crippen molar-refractivity contribution >= 4 is 11.7 Å². The number of carbonyl (C=O) groups is 1. The second-order valence-electron chi connectivity index (χ2n) is 3.32. The molecule has 2 aromatic rings. The maximum atomic E-state index is 10.7. The largest absolute Gasteiger partial charge is 0.477 e. The maximum Gasteiger partial charge on any atom is 0.354 e. The Morgan fingerprint density at radius 2 is 2.41 bits per heavy atom. The highest BCUT2D eigenvalue weighted by molar-refractivity contribution is 5.86. The molecule has 0 radical (unpaired) electrons. The van der Waals surface area contributed by atoms with E-state index in [1.54, 1.807) is 13.0 Å². The first kappa shape index (κ1) is 11.1. The minimum absolute atomic E-state index is 0.0169. The topological polar surface area (TPSA) is 101 Å². The zero-order chi connectivity index (χ0) is 12.3. The highest BCUT2D eigenvalue weighted by atomic mass is 16.5. The van der Waals surface area contributed by atoms with Crippen LogP contribution in [0.4, 0.5) is 5.69 Å². The summed E-state index contributed by atoms with van der Waals surface area (Å²) >= 11 is 0. The van der Waals surface area contributed by atoms with E-state index >= 15 is 0 Å². The fourth-order valence-electron chi connectivity index (χ4n) is 1.25. The average Bonchev–Trinajstić information content (AvgIpc) is 2.73. The summed E-state index contributed by atoms with van der Waals surface area (Å²) in [6, 6.07) is 3.10. The Hall–Kier alpha value is -2.44. The Balaban J connectivity index is 2.04. The van der Waals surface area contributed by atoms with E-state index in [1.807, 2.05) is 0 Å². The van der Waals surface area contributed by atoms with Crippen LogP contribution in [0.5, 0.6) is 0 Å². The fourth-order valence-corrected chi connectivity index (χ4v) is 1.25. The van der Waals surface area contributed by atoms with Crippen LogP contribution in [0.25, 0.3) is 0 Å². The quantitative estimate of drug-likeness (QED) is 0.816. The molecule has 0 aromatic carbocycles. The van der Waals surface area contributed by atoms with Gasteiger partial charge in [0.2, 0.25) is 5.89 Å². The van der Waals surface area contributed by atoms with Gasteiger partial charge >= 0.3 is 5.97 Å². The Morgan fingerprint density at radius 1 is 1.59 bits per heavy atom. The molecule has 0 aliphatic carbocycles. The number of nitrogens with zero attached hydrogens (tertiary/aromatic N) is 3. The van der Waals surface area contributed by atoms with Gasteiger partial charge in [-0.25, -0.2) is 9.78 Å². The minimum atomic E-state index is -1.07. The highest BCUT2D eigenvalue weighted by Crippen LogP contribution is 2.09. The summed E-state index contributed by atoms with van der Waals surface area (Å²) in [5, 5.41) is 15.4. The monoisotopic (exact) mass is 234 g/mol. The molecule has 0 bridgehead atoms. The first-order valence-corrected chi connectivity index (χ1v) is 4.87. The van der Waals surface area contributed by atoms with Gasteiger partial charge in [0.15, 0.2) is 5.82 Å². The summed E-state index contributed by atoms with van der Waals surface area (Å²) < 4.78 is 4.91. The van der Waals surface area contributed by atoms with Crippen molar-refractivity contribution in [3.05, 3.63) is 35.7 Å². The van der Waals surface area contributed by atoms with Gasteiger partial charge in [0.1, 0.15) is 5.69 Å². The van der Waals surface area contributed by atoms with Gasteiger partial charge in [0, 0.05) is 11.9 Å². The number of hydrogen-bond donors (Lipinski definition) is 2. The van der Waals surface area contributed by atoms with E-state index in [0.717, 1.165) is 0 Å². The molecule has 0 unspecified atom stereocenters. The number of aromatic nitrogens is 3. The van der Waals surface area contributed by atoms with Gasteiger partial charge in [-0.2, -0.15) is 4.98 Å². The van der Waals surface area contributed by atoms with Crippen LogP contribution in [0.1, 0.15) is 22.2 Å². The number of hydrogen-bond acceptors (Lipinski definition) is 6. The van der Waals surface area contributed by atoms with Crippen LogP contribution in [-0.2, 0) is 6.54 Å². The van der Waals surface area contributed by atoms with Crippen molar-refractivity contribution in [3.63, 3.8) is 0 Å². The van der Waals surface area contributed by atoms with Gasteiger partial charge in [-0.15, -0.1) is 0 Å². The predicted molar refractivity (Wildman–Crippen MR) is 57.6 cm³/mol. The first-order chi connectivity index (χ1) is 8.15. The Kier molecular flexibility index (Phi) is 2.99. The van der Waals surface area contributed by atoms with Gasteiger partial charge in [-0.1, -0.05) is 5.16 Å². The molecule has 0 saturated heterocycles. The van der Waals surface area contributed by atoms with Crippen LogP contribution in [-0.4, -0.2) is 26.2 Å². The molecular weight excluding hydrogens is 224 g/mol. The zero-order valence-corrected chi connectivity index (χ0v) is 9.04. The second kappa shape index (κ2) is 4.60. The Bertz CT molecular complexity index is 538. The van der Waals surface area contributed by atoms with Crippen LogP contribution in [0.2, 0.25) is 0 Å². The smallest absolute Gasteiger partial charge is 0.354 e. The van der Waals surface area contributed by atoms with Crippen molar-refractivity contribution in [1.29, 1.82) is 0 Å². The van der Waals surface area contributed by atoms with Crippen molar-refractivity contribution in [2.24, 2.45) is 0 Å². The molecule has 0 amide bonds. The molecule has 0 saturated carbocycles. The van der Waals surface area contributed by atoms with Crippen molar-refractivity contribution in [3.8, 4) is 0 Å². The predicted octanol–water partition coefficient (Wildman–Crippen LogP) is 1.08. The number of nitrogens with one attached hydrogen (secondary N) is 1. The zero-order valence-electron chi connectivity index (χ0n) is 9.04. The minimum Gasteiger partial charge on any atom is -0.477 e. The molecule has 0 atom stereocenters. The molecule has 2 heterocycles. The number of aryl methyl sites for hydroxylation is 1. The third-order valence-corrected chi connectivity index (χ3v) is 1.99. The number of anilines is 1. The molecule has 0 spiro atoms. The fraction of sp³-hybridized carbons (Fsp3) is 0.200. The van der Waals surface area contributed by atoms with E-state index in [2.05, 4.69) is 20.4 Å². The molecule has 0 aliphatic rings. The van der Waals surface area contributed by atoms with Crippen molar-refractivity contribution in [2.45, 2.75) is 13.5 Å². The van der Waals surface area contributed by atoms with Gasteiger partial charge < -0.3 is 14.9 Å². The Labute approximate surface area is 96.5 Å². The molecule has 88 valence electrons. The van der Waals surface area contributed by atoms with Gasteiger partial charge in [0.25, 0.3) is 0 Å². The maximum absolute atomic E-state index is 10.7. The molecule has 0 aliphatic heterocycles. The van der Waals surface area contributed by atoms with Crippen molar-refractivity contribution in [1.82, 2.24) is 15.1 Å². The lowest BCUT2D eigenvalue weighted by Gasteiger charge is -2.03. The van der Waals surface area contributed by atoms with E-state index in [0.29, 0.717) is 23.9 Å². The summed E-state index contributed by atoms with van der Waals surface area (Å²) in [5.74, 6) is -0.0683. The second-order valence-corrected chi connectivity index (χ2v) is 3.32. The van der Waals surface area contributed by atoms with Gasteiger partial charge in [-0.05, 0) is 19.1 Å². The van der Waals surface area contributed by atoms with Gasteiger partial charge in [-0.3, -0.25) is 0 Å². The van der Waals surface area contributed by atoms with E-state index in [1.165, 1.54) is 12.3 Å². The highest BCUT2D eigenvalue weighted by Gasteiger charge is 2.06. The van der Waals surface area contributed by atoms with E-state index in [-0.39, 0.29) is 5.69 Å². The van der Waals surface area contributed by atoms with Crippen molar-refractivity contribution in [2.75, 3.05) is 5.32 Å². The molecule has 7 nitrogen and oxygen atoms in total. The number of rotatable bonds is 4. The summed E-state index contributed by atoms with van der Waals surface area (Å²) in [6.07, 6.45) is 1.42. The lowest BCUT2D eigenvalue weighted by Crippen LogP contribution is -2.04. The third kappa shape index (κ3) is 2.77. The Morgan fingerprint density at radius 3 is 3.06 bits per heavy atom. The molecule has 2 aromatic heterocycles. The summed E-state index contributed by atoms with van der Waals surface area (Å²) in [5.41, 5.74) is 0.616. The third-order valence-electron chi connectivity index (χ3n) is 1.99. The van der Waals surface area contributed by atoms with Crippen LogP contribution >= 0.6 is 0 Å². The molecule has 17 heavy (non-hydrogen) atoms. The summed E-state index contributed by atoms with van der Waals surface area (Å²) in [7, 11) is 0. The SMILES string of the molecule is Cc1noc(CNc2ccnc(C(=O)O)c2)n1. The molecule has 2 rings (SSSR count). The molecule has 2 N–H and O–H groups in total. The van der Waals surface area contributed by atoms with E-state index in [9.17, 15) is 4.79 Å². The van der Waals surface area contributed by atoms with Crippen molar-refractivity contribution < 1.29 is 14.4 Å². The lowest BCUT2D eigenvalue weighted by atomic mass is 10.3. The number of aromatic carboxylic acids is 1. The van der Waals surface area contributed by atoms with Crippen LogP contribution in [0.3, 0.4) is 0 Å². The average molecular weight is 234 g/mol. The number of carboxylic acids is 1. The molecular formula is C10H10N4O3. The lowest BCUT2D eigenvalue weighted by molar-refractivity contribution is 0.0690. The summed E-state index contributed by atoms with van der Waals surface area (Å²) in [6.45, 7) is 2.06.